The third-order valence-electron chi connectivity index (χ3n) is 5.32. The molecule has 5 aromatic rings. The van der Waals surface area contributed by atoms with Gasteiger partial charge in [-0.25, -0.2) is 4.39 Å². The van der Waals surface area contributed by atoms with Gasteiger partial charge in [-0.2, -0.15) is 5.10 Å². The number of aryl methyl sites for hydroxylation is 2. The van der Waals surface area contributed by atoms with E-state index in [4.69, 9.17) is 0 Å². The van der Waals surface area contributed by atoms with Crippen LogP contribution >= 0.6 is 0 Å². The lowest BCUT2D eigenvalue weighted by Crippen LogP contribution is -2.20. The third kappa shape index (κ3) is 2.31. The summed E-state index contributed by atoms with van der Waals surface area (Å²) >= 11 is 0. The maximum atomic E-state index is 13.3. The van der Waals surface area contributed by atoms with Gasteiger partial charge in [-0.1, -0.05) is 18.2 Å². The summed E-state index contributed by atoms with van der Waals surface area (Å²) in [6, 6.07) is 16.0. The van der Waals surface area contributed by atoms with Crippen molar-refractivity contribution in [2.75, 3.05) is 0 Å². The highest BCUT2D eigenvalue weighted by atomic mass is 19.1. The molecule has 0 bridgehead atoms. The summed E-state index contributed by atoms with van der Waals surface area (Å²) < 4.78 is 17.0. The number of halogens is 1. The molecule has 0 fully saturated rings. The summed E-state index contributed by atoms with van der Waals surface area (Å²) in [5.41, 5.74) is 4.97. The van der Waals surface area contributed by atoms with Gasteiger partial charge in [-0.05, 0) is 42.0 Å². The van der Waals surface area contributed by atoms with Gasteiger partial charge < -0.3 is 4.57 Å². The number of aromatic amines is 1. The van der Waals surface area contributed by atoms with Crippen LogP contribution in [0.1, 0.15) is 0 Å². The molecule has 6 heteroatoms. The predicted octanol–water partition coefficient (Wildman–Crippen LogP) is 4.23. The average Bonchev–Trinajstić information content (AvgIpc) is 3.33. The van der Waals surface area contributed by atoms with Crippen molar-refractivity contribution in [2.24, 2.45) is 14.1 Å². The van der Waals surface area contributed by atoms with Crippen molar-refractivity contribution in [3.8, 4) is 22.4 Å². The Morgan fingerprint density at radius 2 is 1.64 bits per heavy atom. The van der Waals surface area contributed by atoms with Crippen molar-refractivity contribution in [1.82, 2.24) is 19.3 Å². The Kier molecular flexibility index (Phi) is 3.49. The molecule has 5 nitrogen and oxygen atoms in total. The molecular weight excluding hydrogens is 355 g/mol. The van der Waals surface area contributed by atoms with E-state index in [2.05, 4.69) is 16.3 Å². The number of aromatic nitrogens is 4. The van der Waals surface area contributed by atoms with E-state index < -0.39 is 0 Å². The van der Waals surface area contributed by atoms with Crippen LogP contribution in [0.15, 0.2) is 65.6 Å². The molecule has 0 aliphatic carbocycles. The fraction of sp³-hybridized carbons (Fsp3) is 0.0909. The number of H-pyrrole nitrogens is 1. The van der Waals surface area contributed by atoms with Gasteiger partial charge >= 0.3 is 0 Å². The molecule has 0 atom stereocenters. The topological polar surface area (TPSA) is 55.6 Å². The largest absolute Gasteiger partial charge is 0.330 e. The van der Waals surface area contributed by atoms with Crippen molar-refractivity contribution in [1.29, 1.82) is 0 Å². The van der Waals surface area contributed by atoms with Gasteiger partial charge in [0, 0.05) is 42.2 Å². The minimum Gasteiger partial charge on any atom is -0.330 e. The zero-order valence-corrected chi connectivity index (χ0v) is 15.4. The molecule has 138 valence electrons. The maximum Gasteiger partial charge on any atom is 0.259 e. The van der Waals surface area contributed by atoms with Crippen LogP contribution in [0.3, 0.4) is 0 Å². The lowest BCUT2D eigenvalue weighted by atomic mass is 10.0. The molecule has 2 aromatic carbocycles. The van der Waals surface area contributed by atoms with Gasteiger partial charge in [0.15, 0.2) is 0 Å². The van der Waals surface area contributed by atoms with E-state index in [1.807, 2.05) is 35.9 Å². The highest BCUT2D eigenvalue weighted by Gasteiger charge is 2.16. The Morgan fingerprint density at radius 1 is 0.893 bits per heavy atom. The number of rotatable bonds is 2. The highest BCUT2D eigenvalue weighted by Crippen LogP contribution is 2.32. The van der Waals surface area contributed by atoms with E-state index in [1.54, 1.807) is 29.9 Å². The number of hydrogen-bond donors (Lipinski definition) is 1. The Labute approximate surface area is 159 Å². The van der Waals surface area contributed by atoms with Crippen LogP contribution in [0.5, 0.6) is 0 Å². The summed E-state index contributed by atoms with van der Waals surface area (Å²) in [6.45, 7) is 0. The Balaban J connectivity index is 1.86. The van der Waals surface area contributed by atoms with Gasteiger partial charge in [0.2, 0.25) is 0 Å². The normalized spacial score (nSPS) is 11.5. The van der Waals surface area contributed by atoms with Crippen LogP contribution in [0.2, 0.25) is 0 Å². The second-order valence-corrected chi connectivity index (χ2v) is 6.93. The molecule has 5 rings (SSSR count). The molecule has 0 unspecified atom stereocenters. The van der Waals surface area contributed by atoms with Gasteiger partial charge in [0.1, 0.15) is 11.5 Å². The molecule has 0 radical (unpaired) electrons. The number of fused-ring (bicyclic) bond motifs is 3. The first-order valence-corrected chi connectivity index (χ1v) is 8.92. The second kappa shape index (κ2) is 5.92. The molecule has 0 spiro atoms. The van der Waals surface area contributed by atoms with E-state index >= 15 is 0 Å². The maximum absolute atomic E-state index is 13.3. The van der Waals surface area contributed by atoms with Crippen LogP contribution < -0.4 is 5.56 Å². The Hall–Kier alpha value is -3.67. The summed E-state index contributed by atoms with van der Waals surface area (Å²) in [5, 5.41) is 9.03. The van der Waals surface area contributed by atoms with E-state index in [1.165, 1.54) is 12.1 Å². The molecule has 3 heterocycles. The van der Waals surface area contributed by atoms with Crippen molar-refractivity contribution in [3.05, 3.63) is 77.0 Å². The summed E-state index contributed by atoms with van der Waals surface area (Å²) in [6.07, 6.45) is 1.72. The minimum absolute atomic E-state index is 0.112. The number of pyridine rings is 1. The Bertz CT molecular complexity index is 1390. The summed E-state index contributed by atoms with van der Waals surface area (Å²) in [5.74, 6) is -0.323. The molecule has 0 aliphatic rings. The first kappa shape index (κ1) is 16.5. The zero-order chi connectivity index (χ0) is 19.4. The van der Waals surface area contributed by atoms with Gasteiger partial charge in [0.05, 0.1) is 11.2 Å². The van der Waals surface area contributed by atoms with Gasteiger partial charge in [-0.15, -0.1) is 0 Å². The fourth-order valence-electron chi connectivity index (χ4n) is 3.91. The molecule has 0 saturated carbocycles. The van der Waals surface area contributed by atoms with Crippen molar-refractivity contribution in [3.63, 3.8) is 0 Å². The van der Waals surface area contributed by atoms with Crippen LogP contribution in [0, 0.1) is 5.82 Å². The molecule has 1 N–H and O–H groups in total. The van der Waals surface area contributed by atoms with Crippen molar-refractivity contribution >= 4 is 21.9 Å². The average molecular weight is 372 g/mol. The highest BCUT2D eigenvalue weighted by molar-refractivity contribution is 6.09. The first-order chi connectivity index (χ1) is 13.5. The van der Waals surface area contributed by atoms with Crippen LogP contribution in [0.25, 0.3) is 44.3 Å². The number of hydrogen-bond acceptors (Lipinski definition) is 2. The molecule has 0 aliphatic heterocycles. The lowest BCUT2D eigenvalue weighted by molar-refractivity contribution is 0.628. The molecule has 3 aromatic heterocycles. The quantitative estimate of drug-likeness (QED) is 0.504. The monoisotopic (exact) mass is 372 g/mol. The fourth-order valence-corrected chi connectivity index (χ4v) is 3.91. The van der Waals surface area contributed by atoms with Crippen molar-refractivity contribution in [2.45, 2.75) is 0 Å². The second-order valence-electron chi connectivity index (χ2n) is 6.93. The Morgan fingerprint density at radius 3 is 2.36 bits per heavy atom. The molecule has 0 saturated heterocycles. The standard InChI is InChI=1S/C22H17FN4O/c1-26-20-8-5-14(19-9-10-24-25-19)11-17(20)18-12-16(22(28)27(2)21(18)26)13-3-6-15(23)7-4-13/h3-12H,1-2H3,(H,24,25). The summed E-state index contributed by atoms with van der Waals surface area (Å²) in [7, 11) is 3.73. The summed E-state index contributed by atoms with van der Waals surface area (Å²) in [4.78, 5) is 13.0. The molecule has 0 amide bonds. The number of nitrogens with one attached hydrogen (secondary N) is 1. The van der Waals surface area contributed by atoms with Gasteiger partial charge in [0.25, 0.3) is 5.56 Å². The number of nitrogens with zero attached hydrogens (tertiary/aromatic N) is 3. The predicted molar refractivity (Wildman–Crippen MR) is 109 cm³/mol. The van der Waals surface area contributed by atoms with E-state index in [-0.39, 0.29) is 11.4 Å². The third-order valence-corrected chi connectivity index (χ3v) is 5.32. The zero-order valence-electron chi connectivity index (χ0n) is 15.4. The molecule has 28 heavy (non-hydrogen) atoms. The van der Waals surface area contributed by atoms with Gasteiger partial charge in [-0.3, -0.25) is 14.5 Å². The van der Waals surface area contributed by atoms with E-state index in [0.29, 0.717) is 11.1 Å². The number of benzene rings is 2. The van der Waals surface area contributed by atoms with Crippen molar-refractivity contribution < 1.29 is 4.39 Å². The smallest absolute Gasteiger partial charge is 0.259 e. The SMILES string of the molecule is Cn1c(=O)c(-c2ccc(F)cc2)cc2c3cc(-c4ccn[nH]4)ccc3n(C)c21. The van der Waals surface area contributed by atoms with E-state index in [0.717, 1.165) is 33.2 Å². The molecular formula is C22H17FN4O. The first-order valence-electron chi connectivity index (χ1n) is 8.92. The minimum atomic E-state index is -0.323. The lowest BCUT2D eigenvalue weighted by Gasteiger charge is -2.08. The van der Waals surface area contributed by atoms with Crippen LogP contribution in [-0.4, -0.2) is 19.3 Å². The van der Waals surface area contributed by atoms with Crippen LogP contribution in [0.4, 0.5) is 4.39 Å². The van der Waals surface area contributed by atoms with Crippen LogP contribution in [-0.2, 0) is 14.1 Å². The van der Waals surface area contributed by atoms with E-state index in [9.17, 15) is 9.18 Å².